The highest BCUT2D eigenvalue weighted by molar-refractivity contribution is 5.97. The first-order valence-corrected chi connectivity index (χ1v) is 6.87. The Balaban J connectivity index is 1.92. The molecule has 0 saturated carbocycles. The van der Waals surface area contributed by atoms with Crippen molar-refractivity contribution in [1.82, 2.24) is 25.1 Å². The number of para-hydroxylation sites is 1. The van der Waals surface area contributed by atoms with Crippen molar-refractivity contribution >= 4 is 5.91 Å². The highest BCUT2D eigenvalue weighted by atomic mass is 16.2. The second-order valence-electron chi connectivity index (χ2n) is 5.27. The van der Waals surface area contributed by atoms with Crippen molar-refractivity contribution in [2.24, 2.45) is 5.92 Å². The van der Waals surface area contributed by atoms with Crippen LogP contribution in [0.4, 0.5) is 0 Å². The monoisotopic (exact) mass is 271 g/mol. The standard InChI is InChI=1S/C14H17N5O/c1-11-5-4-8-18(9-11)14(20)12-6-2-3-7-13(12)19-10-15-16-17-19/h2-3,6-7,10-11H,4-5,8-9H2,1H3/t11-/m1/s1. The molecule has 1 amide bonds. The third-order valence-corrected chi connectivity index (χ3v) is 3.67. The molecule has 1 aromatic heterocycles. The molecule has 6 heteroatoms. The smallest absolute Gasteiger partial charge is 0.256 e. The van der Waals surface area contributed by atoms with Crippen LogP contribution in [0.2, 0.25) is 0 Å². The fourth-order valence-corrected chi connectivity index (χ4v) is 2.67. The summed E-state index contributed by atoms with van der Waals surface area (Å²) in [5.74, 6) is 0.621. The Bertz CT molecular complexity index is 595. The quantitative estimate of drug-likeness (QED) is 0.831. The Labute approximate surface area is 117 Å². The first-order valence-electron chi connectivity index (χ1n) is 6.87. The minimum Gasteiger partial charge on any atom is -0.338 e. The van der Waals surface area contributed by atoms with Gasteiger partial charge in [-0.1, -0.05) is 19.1 Å². The summed E-state index contributed by atoms with van der Waals surface area (Å²) in [6.07, 6.45) is 3.77. The summed E-state index contributed by atoms with van der Waals surface area (Å²) in [6, 6.07) is 7.44. The average molecular weight is 271 g/mol. The number of hydrogen-bond donors (Lipinski definition) is 0. The Morgan fingerprint density at radius 1 is 1.35 bits per heavy atom. The number of amides is 1. The van der Waals surface area contributed by atoms with E-state index in [4.69, 9.17) is 0 Å². The maximum Gasteiger partial charge on any atom is 0.256 e. The lowest BCUT2D eigenvalue weighted by molar-refractivity contribution is 0.0683. The van der Waals surface area contributed by atoms with Crippen LogP contribution in [0.1, 0.15) is 30.1 Å². The van der Waals surface area contributed by atoms with Crippen LogP contribution in [0.15, 0.2) is 30.6 Å². The summed E-state index contributed by atoms with van der Waals surface area (Å²) in [6.45, 7) is 3.84. The lowest BCUT2D eigenvalue weighted by Crippen LogP contribution is -2.39. The first kappa shape index (κ1) is 12.8. The topological polar surface area (TPSA) is 63.9 Å². The molecule has 1 atom stereocenters. The second-order valence-corrected chi connectivity index (χ2v) is 5.27. The number of carbonyl (C=O) groups is 1. The van der Waals surface area contributed by atoms with Crippen molar-refractivity contribution in [3.63, 3.8) is 0 Å². The number of likely N-dealkylation sites (tertiary alicyclic amines) is 1. The molecule has 2 aromatic rings. The lowest BCUT2D eigenvalue weighted by atomic mass is 9.99. The molecule has 0 bridgehead atoms. The molecular formula is C14H17N5O. The van der Waals surface area contributed by atoms with Gasteiger partial charge in [-0.05, 0) is 41.3 Å². The van der Waals surface area contributed by atoms with E-state index in [-0.39, 0.29) is 5.91 Å². The molecule has 0 radical (unpaired) electrons. The van der Waals surface area contributed by atoms with Gasteiger partial charge in [0.2, 0.25) is 0 Å². The molecule has 1 aliphatic rings. The fraction of sp³-hybridized carbons (Fsp3) is 0.429. The van der Waals surface area contributed by atoms with E-state index in [9.17, 15) is 4.79 Å². The third kappa shape index (κ3) is 2.41. The number of carbonyl (C=O) groups excluding carboxylic acids is 1. The predicted octanol–water partition coefficient (Wildman–Crippen LogP) is 1.53. The van der Waals surface area contributed by atoms with Crippen LogP contribution < -0.4 is 0 Å². The number of piperidine rings is 1. The minimum atomic E-state index is 0.0580. The van der Waals surface area contributed by atoms with Crippen molar-refractivity contribution in [2.45, 2.75) is 19.8 Å². The second kappa shape index (κ2) is 5.40. The number of rotatable bonds is 2. The molecule has 0 spiro atoms. The van der Waals surface area contributed by atoms with Gasteiger partial charge in [0.05, 0.1) is 11.3 Å². The highest BCUT2D eigenvalue weighted by Crippen LogP contribution is 2.20. The largest absolute Gasteiger partial charge is 0.338 e. The van der Waals surface area contributed by atoms with E-state index in [2.05, 4.69) is 22.4 Å². The zero-order valence-corrected chi connectivity index (χ0v) is 11.4. The molecule has 0 N–H and O–H groups in total. The number of aromatic nitrogens is 4. The van der Waals surface area contributed by atoms with E-state index >= 15 is 0 Å². The van der Waals surface area contributed by atoms with Crippen molar-refractivity contribution in [3.05, 3.63) is 36.2 Å². The third-order valence-electron chi connectivity index (χ3n) is 3.67. The van der Waals surface area contributed by atoms with E-state index in [0.29, 0.717) is 11.5 Å². The zero-order valence-electron chi connectivity index (χ0n) is 11.4. The molecule has 20 heavy (non-hydrogen) atoms. The van der Waals surface area contributed by atoms with Gasteiger partial charge in [0.15, 0.2) is 0 Å². The van der Waals surface area contributed by atoms with Gasteiger partial charge in [-0.2, -0.15) is 4.68 Å². The number of benzene rings is 1. The Kier molecular flexibility index (Phi) is 3.45. The van der Waals surface area contributed by atoms with Gasteiger partial charge in [0, 0.05) is 13.1 Å². The molecule has 0 unspecified atom stereocenters. The van der Waals surface area contributed by atoms with Crippen LogP contribution in [-0.4, -0.2) is 44.1 Å². The van der Waals surface area contributed by atoms with Crippen molar-refractivity contribution < 1.29 is 4.79 Å². The van der Waals surface area contributed by atoms with Crippen LogP contribution in [0.5, 0.6) is 0 Å². The minimum absolute atomic E-state index is 0.0580. The van der Waals surface area contributed by atoms with Gasteiger partial charge >= 0.3 is 0 Å². The molecule has 104 valence electrons. The fourth-order valence-electron chi connectivity index (χ4n) is 2.67. The molecule has 6 nitrogen and oxygen atoms in total. The van der Waals surface area contributed by atoms with E-state index in [1.807, 2.05) is 29.2 Å². The van der Waals surface area contributed by atoms with Crippen LogP contribution >= 0.6 is 0 Å². The van der Waals surface area contributed by atoms with Crippen molar-refractivity contribution in [3.8, 4) is 5.69 Å². The normalized spacial score (nSPS) is 19.1. The molecule has 1 aromatic carbocycles. The zero-order chi connectivity index (χ0) is 13.9. The molecule has 1 aliphatic heterocycles. The highest BCUT2D eigenvalue weighted by Gasteiger charge is 2.24. The van der Waals surface area contributed by atoms with Crippen molar-refractivity contribution in [2.75, 3.05) is 13.1 Å². The van der Waals surface area contributed by atoms with Gasteiger partial charge in [-0.15, -0.1) is 5.10 Å². The van der Waals surface area contributed by atoms with Gasteiger partial charge in [-0.3, -0.25) is 4.79 Å². The van der Waals surface area contributed by atoms with Gasteiger partial charge in [0.25, 0.3) is 5.91 Å². The summed E-state index contributed by atoms with van der Waals surface area (Å²) in [4.78, 5) is 14.6. The summed E-state index contributed by atoms with van der Waals surface area (Å²) in [7, 11) is 0. The lowest BCUT2D eigenvalue weighted by Gasteiger charge is -2.31. The van der Waals surface area contributed by atoms with Crippen LogP contribution in [0.3, 0.4) is 0 Å². The SMILES string of the molecule is C[C@@H]1CCCN(C(=O)c2ccccc2-n2cnnn2)C1. The molecular weight excluding hydrogens is 254 g/mol. The van der Waals surface area contributed by atoms with E-state index in [1.54, 1.807) is 0 Å². The van der Waals surface area contributed by atoms with Crippen LogP contribution in [0, 0.1) is 5.92 Å². The molecule has 3 rings (SSSR count). The number of hydrogen-bond acceptors (Lipinski definition) is 4. The Morgan fingerprint density at radius 2 is 2.20 bits per heavy atom. The molecule has 0 aliphatic carbocycles. The summed E-state index contributed by atoms with van der Waals surface area (Å²) in [5.41, 5.74) is 1.37. The van der Waals surface area contributed by atoms with Crippen LogP contribution in [0.25, 0.3) is 5.69 Å². The summed E-state index contributed by atoms with van der Waals surface area (Å²) >= 11 is 0. The maximum absolute atomic E-state index is 12.7. The number of nitrogens with zero attached hydrogens (tertiary/aromatic N) is 5. The number of tetrazole rings is 1. The van der Waals surface area contributed by atoms with Crippen molar-refractivity contribution in [1.29, 1.82) is 0 Å². The van der Waals surface area contributed by atoms with E-state index in [0.717, 1.165) is 25.2 Å². The summed E-state index contributed by atoms with van der Waals surface area (Å²) in [5, 5.41) is 11.1. The molecule has 1 fully saturated rings. The van der Waals surface area contributed by atoms with Gasteiger partial charge in [0.1, 0.15) is 6.33 Å². The average Bonchev–Trinajstić information content (AvgIpc) is 3.00. The van der Waals surface area contributed by atoms with Gasteiger partial charge < -0.3 is 4.90 Å². The first-order chi connectivity index (χ1) is 9.75. The Morgan fingerprint density at radius 3 is 2.95 bits per heavy atom. The predicted molar refractivity (Wildman–Crippen MR) is 73.5 cm³/mol. The van der Waals surface area contributed by atoms with E-state index < -0.39 is 0 Å². The Hall–Kier alpha value is -2.24. The summed E-state index contributed by atoms with van der Waals surface area (Å²) < 4.78 is 1.53. The van der Waals surface area contributed by atoms with Gasteiger partial charge in [-0.25, -0.2) is 0 Å². The van der Waals surface area contributed by atoms with E-state index in [1.165, 1.54) is 17.4 Å². The van der Waals surface area contributed by atoms with Crippen LogP contribution in [-0.2, 0) is 0 Å². The molecule has 1 saturated heterocycles. The molecule has 2 heterocycles. The maximum atomic E-state index is 12.7.